The number of carbonyl (C=O) groups excluding carboxylic acids is 1. The van der Waals surface area contributed by atoms with Crippen molar-refractivity contribution in [2.45, 2.75) is 19.4 Å². The lowest BCUT2D eigenvalue weighted by Crippen LogP contribution is -2.27. The average molecular weight is 268 g/mol. The van der Waals surface area contributed by atoms with Gasteiger partial charge in [-0.3, -0.25) is 4.79 Å². The summed E-state index contributed by atoms with van der Waals surface area (Å²) in [6.45, 7) is 1.20. The molecule has 0 aliphatic carbocycles. The van der Waals surface area contributed by atoms with Gasteiger partial charge in [-0.1, -0.05) is 54.6 Å². The number of nitrogens with two attached hydrogens (primary N) is 1. The first-order valence-electron chi connectivity index (χ1n) is 6.86. The molecule has 0 radical (unpaired) electrons. The second-order valence-corrected chi connectivity index (χ2v) is 4.79. The zero-order valence-corrected chi connectivity index (χ0v) is 11.5. The summed E-state index contributed by atoms with van der Waals surface area (Å²) in [4.78, 5) is 11.8. The van der Waals surface area contributed by atoms with Gasteiger partial charge in [0.1, 0.15) is 0 Å². The van der Waals surface area contributed by atoms with E-state index in [0.29, 0.717) is 19.5 Å². The Morgan fingerprint density at radius 1 is 0.950 bits per heavy atom. The minimum atomic E-state index is 0.0613. The van der Waals surface area contributed by atoms with Gasteiger partial charge in [0.05, 0.1) is 6.42 Å². The highest BCUT2D eigenvalue weighted by atomic mass is 16.1. The molecule has 0 fully saturated rings. The van der Waals surface area contributed by atoms with Crippen molar-refractivity contribution in [3.05, 3.63) is 71.3 Å². The smallest absolute Gasteiger partial charge is 0.224 e. The van der Waals surface area contributed by atoms with E-state index < -0.39 is 0 Å². The van der Waals surface area contributed by atoms with Gasteiger partial charge in [-0.2, -0.15) is 0 Å². The number of hydrogen-bond acceptors (Lipinski definition) is 2. The van der Waals surface area contributed by atoms with Crippen LogP contribution in [0.5, 0.6) is 0 Å². The zero-order valence-electron chi connectivity index (χ0n) is 11.5. The maximum Gasteiger partial charge on any atom is 0.224 e. The van der Waals surface area contributed by atoms with Gasteiger partial charge in [0, 0.05) is 13.1 Å². The van der Waals surface area contributed by atoms with Crippen molar-refractivity contribution < 1.29 is 4.79 Å². The summed E-state index contributed by atoms with van der Waals surface area (Å²) in [7, 11) is 0. The Labute approximate surface area is 119 Å². The third-order valence-corrected chi connectivity index (χ3v) is 3.17. The molecule has 20 heavy (non-hydrogen) atoms. The molecule has 0 aromatic heterocycles. The summed E-state index contributed by atoms with van der Waals surface area (Å²) in [5.74, 6) is 0.0613. The predicted octanol–water partition coefficient (Wildman–Crippen LogP) is 2.05. The van der Waals surface area contributed by atoms with Crippen LogP contribution in [0.2, 0.25) is 0 Å². The molecule has 0 aliphatic heterocycles. The van der Waals surface area contributed by atoms with Crippen LogP contribution in [-0.2, 0) is 24.2 Å². The Morgan fingerprint density at radius 2 is 1.65 bits per heavy atom. The van der Waals surface area contributed by atoms with Crippen molar-refractivity contribution in [1.29, 1.82) is 0 Å². The molecule has 0 heterocycles. The number of nitrogens with one attached hydrogen (secondary N) is 1. The van der Waals surface area contributed by atoms with Gasteiger partial charge in [-0.15, -0.1) is 0 Å². The molecular formula is C17H20N2O. The second kappa shape index (κ2) is 7.46. The van der Waals surface area contributed by atoms with Crippen molar-refractivity contribution in [3.8, 4) is 0 Å². The summed E-state index contributed by atoms with van der Waals surface area (Å²) in [6.07, 6.45) is 1.26. The van der Waals surface area contributed by atoms with E-state index in [4.69, 9.17) is 5.73 Å². The largest absolute Gasteiger partial charge is 0.355 e. The van der Waals surface area contributed by atoms with Crippen molar-refractivity contribution in [1.82, 2.24) is 5.32 Å². The molecule has 0 aliphatic rings. The predicted molar refractivity (Wildman–Crippen MR) is 81.2 cm³/mol. The molecule has 2 rings (SSSR count). The normalized spacial score (nSPS) is 10.2. The van der Waals surface area contributed by atoms with E-state index in [9.17, 15) is 4.79 Å². The minimum Gasteiger partial charge on any atom is -0.355 e. The first-order valence-corrected chi connectivity index (χ1v) is 6.86. The summed E-state index contributed by atoms with van der Waals surface area (Å²) >= 11 is 0. The van der Waals surface area contributed by atoms with Gasteiger partial charge in [0.15, 0.2) is 0 Å². The van der Waals surface area contributed by atoms with Crippen LogP contribution in [0.1, 0.15) is 16.7 Å². The highest BCUT2D eigenvalue weighted by Gasteiger charge is 2.02. The molecule has 0 saturated heterocycles. The molecular weight excluding hydrogens is 248 g/mol. The van der Waals surface area contributed by atoms with E-state index in [1.807, 2.05) is 42.5 Å². The third kappa shape index (κ3) is 4.52. The lowest BCUT2D eigenvalue weighted by Gasteiger charge is -2.06. The van der Waals surface area contributed by atoms with Crippen molar-refractivity contribution in [2.75, 3.05) is 6.54 Å². The molecule has 3 nitrogen and oxygen atoms in total. The molecule has 0 atom stereocenters. The summed E-state index contributed by atoms with van der Waals surface area (Å²) in [5.41, 5.74) is 8.97. The van der Waals surface area contributed by atoms with Gasteiger partial charge in [-0.25, -0.2) is 0 Å². The van der Waals surface area contributed by atoms with Crippen LogP contribution in [0.15, 0.2) is 54.6 Å². The summed E-state index contributed by atoms with van der Waals surface area (Å²) < 4.78 is 0. The van der Waals surface area contributed by atoms with Gasteiger partial charge in [-0.05, 0) is 23.1 Å². The van der Waals surface area contributed by atoms with E-state index >= 15 is 0 Å². The molecule has 2 aromatic rings. The minimum absolute atomic E-state index is 0.0613. The Balaban J connectivity index is 1.76. The third-order valence-electron chi connectivity index (χ3n) is 3.17. The quantitative estimate of drug-likeness (QED) is 0.842. The van der Waals surface area contributed by atoms with Crippen LogP contribution in [0, 0.1) is 0 Å². The first kappa shape index (κ1) is 14.3. The lowest BCUT2D eigenvalue weighted by molar-refractivity contribution is -0.120. The van der Waals surface area contributed by atoms with Crippen molar-refractivity contribution in [2.24, 2.45) is 5.73 Å². The number of rotatable bonds is 6. The van der Waals surface area contributed by atoms with E-state index in [0.717, 1.165) is 17.5 Å². The highest BCUT2D eigenvalue weighted by Crippen LogP contribution is 2.05. The number of carbonyl (C=O) groups is 1. The molecule has 0 bridgehead atoms. The molecule has 3 N–H and O–H groups in total. The molecule has 2 aromatic carbocycles. The van der Waals surface area contributed by atoms with Gasteiger partial charge in [0.2, 0.25) is 5.91 Å². The first-order chi connectivity index (χ1) is 9.78. The summed E-state index contributed by atoms with van der Waals surface area (Å²) in [6, 6.07) is 17.9. The van der Waals surface area contributed by atoms with Crippen LogP contribution in [0.4, 0.5) is 0 Å². The van der Waals surface area contributed by atoms with Crippen LogP contribution >= 0.6 is 0 Å². The molecule has 0 unspecified atom stereocenters. The van der Waals surface area contributed by atoms with E-state index in [2.05, 4.69) is 17.4 Å². The van der Waals surface area contributed by atoms with Crippen LogP contribution in [0.25, 0.3) is 0 Å². The monoisotopic (exact) mass is 268 g/mol. The number of benzene rings is 2. The van der Waals surface area contributed by atoms with Crippen LogP contribution in [0.3, 0.4) is 0 Å². The zero-order chi connectivity index (χ0) is 14.2. The number of amides is 1. The number of hydrogen-bond donors (Lipinski definition) is 2. The lowest BCUT2D eigenvalue weighted by atomic mass is 10.1. The topological polar surface area (TPSA) is 55.1 Å². The fraction of sp³-hybridized carbons (Fsp3) is 0.235. The van der Waals surface area contributed by atoms with E-state index in [1.54, 1.807) is 0 Å². The van der Waals surface area contributed by atoms with Gasteiger partial charge < -0.3 is 11.1 Å². The molecule has 3 heteroatoms. The van der Waals surface area contributed by atoms with Crippen LogP contribution < -0.4 is 11.1 Å². The van der Waals surface area contributed by atoms with Crippen molar-refractivity contribution >= 4 is 5.91 Å². The second-order valence-electron chi connectivity index (χ2n) is 4.79. The fourth-order valence-electron chi connectivity index (χ4n) is 2.10. The maximum absolute atomic E-state index is 11.8. The molecule has 104 valence electrons. The Kier molecular flexibility index (Phi) is 5.33. The van der Waals surface area contributed by atoms with Crippen LogP contribution in [-0.4, -0.2) is 12.5 Å². The van der Waals surface area contributed by atoms with Gasteiger partial charge in [0.25, 0.3) is 0 Å². The molecule has 0 saturated carbocycles. The average Bonchev–Trinajstić information content (AvgIpc) is 2.48. The van der Waals surface area contributed by atoms with E-state index in [1.165, 1.54) is 5.56 Å². The summed E-state index contributed by atoms with van der Waals surface area (Å²) in [5, 5.41) is 2.95. The maximum atomic E-state index is 11.8. The fourth-order valence-corrected chi connectivity index (χ4v) is 2.10. The van der Waals surface area contributed by atoms with Gasteiger partial charge >= 0.3 is 0 Å². The Hall–Kier alpha value is -2.13. The van der Waals surface area contributed by atoms with E-state index in [-0.39, 0.29) is 5.91 Å². The standard InChI is InChI=1S/C17H20N2O/c18-13-16-8-4-7-15(11-16)9-10-19-17(20)12-14-5-2-1-3-6-14/h1-8,11H,9-10,12-13,18H2,(H,19,20). The van der Waals surface area contributed by atoms with Crippen molar-refractivity contribution in [3.63, 3.8) is 0 Å². The SMILES string of the molecule is NCc1cccc(CCNC(=O)Cc2ccccc2)c1. The Bertz CT molecular complexity index is 552. The highest BCUT2D eigenvalue weighted by molar-refractivity contribution is 5.78. The molecule has 1 amide bonds. The Morgan fingerprint density at radius 3 is 2.40 bits per heavy atom. The molecule has 0 spiro atoms.